The molecular weight excluding hydrogens is 248 g/mol. The highest BCUT2D eigenvalue weighted by Crippen LogP contribution is 2.27. The summed E-state index contributed by atoms with van der Waals surface area (Å²) in [6.45, 7) is 0. The lowest BCUT2D eigenvalue weighted by molar-refractivity contribution is -0.124. The van der Waals surface area contributed by atoms with E-state index in [0.29, 0.717) is 5.78 Å². The average Bonchev–Trinajstić information content (AvgIpc) is 2.49. The third-order valence-electron chi connectivity index (χ3n) is 4.28. The third-order valence-corrected chi connectivity index (χ3v) is 4.28. The molecule has 0 saturated heterocycles. The highest BCUT2D eigenvalue weighted by atomic mass is 16.5. The van der Waals surface area contributed by atoms with E-state index >= 15 is 0 Å². The minimum absolute atomic E-state index is 0.236. The summed E-state index contributed by atoms with van der Waals surface area (Å²) in [7, 11) is 1.68. The Labute approximate surface area is 119 Å². The van der Waals surface area contributed by atoms with Crippen molar-refractivity contribution in [3.8, 4) is 5.75 Å². The molecule has 1 fully saturated rings. The number of Topliss-reactive ketones (excluding diaryl/α,β-unsaturated/α-hetero) is 1. The van der Waals surface area contributed by atoms with E-state index in [-0.39, 0.29) is 5.92 Å². The summed E-state index contributed by atoms with van der Waals surface area (Å²) in [5, 5.41) is 2.40. The SMILES string of the molecule is COc1ccc2cc(CC3CCCCC3=O)ccc2c1. The van der Waals surface area contributed by atoms with Crippen LogP contribution in [0.1, 0.15) is 31.2 Å². The van der Waals surface area contributed by atoms with E-state index in [1.54, 1.807) is 7.11 Å². The second kappa shape index (κ2) is 5.66. The Kier molecular flexibility index (Phi) is 3.72. The molecular formula is C18H20O2. The minimum Gasteiger partial charge on any atom is -0.497 e. The molecule has 0 radical (unpaired) electrons. The molecule has 0 bridgehead atoms. The first-order valence-corrected chi connectivity index (χ1v) is 7.35. The molecule has 0 aliphatic heterocycles. The molecule has 20 heavy (non-hydrogen) atoms. The lowest BCUT2D eigenvalue weighted by atomic mass is 9.83. The fraction of sp³-hybridized carbons (Fsp3) is 0.389. The molecule has 1 atom stereocenters. The molecule has 1 aliphatic carbocycles. The molecule has 2 aromatic carbocycles. The van der Waals surface area contributed by atoms with Crippen molar-refractivity contribution < 1.29 is 9.53 Å². The minimum atomic E-state index is 0.236. The van der Waals surface area contributed by atoms with Crippen LogP contribution in [0, 0.1) is 5.92 Å². The fourth-order valence-corrected chi connectivity index (χ4v) is 3.08. The van der Waals surface area contributed by atoms with Gasteiger partial charge in [0, 0.05) is 12.3 Å². The summed E-state index contributed by atoms with van der Waals surface area (Å²) < 4.78 is 5.24. The van der Waals surface area contributed by atoms with Crippen LogP contribution in [0.4, 0.5) is 0 Å². The first-order chi connectivity index (χ1) is 9.76. The van der Waals surface area contributed by atoms with E-state index in [1.807, 2.05) is 12.1 Å². The molecule has 104 valence electrons. The zero-order valence-corrected chi connectivity index (χ0v) is 11.9. The number of rotatable bonds is 3. The first kappa shape index (κ1) is 13.2. The van der Waals surface area contributed by atoms with E-state index in [1.165, 1.54) is 22.8 Å². The Hall–Kier alpha value is -1.83. The van der Waals surface area contributed by atoms with Crippen LogP contribution < -0.4 is 4.74 Å². The van der Waals surface area contributed by atoms with Gasteiger partial charge in [-0.25, -0.2) is 0 Å². The molecule has 1 aliphatic rings. The normalized spacial score (nSPS) is 19.2. The summed E-state index contributed by atoms with van der Waals surface area (Å²) >= 11 is 0. The Bertz CT molecular complexity index is 630. The second-order valence-corrected chi connectivity index (χ2v) is 5.66. The number of hydrogen-bond acceptors (Lipinski definition) is 2. The van der Waals surface area contributed by atoms with Gasteiger partial charge in [0.15, 0.2) is 0 Å². The molecule has 0 N–H and O–H groups in total. The smallest absolute Gasteiger partial charge is 0.136 e. The number of ketones is 1. The topological polar surface area (TPSA) is 26.3 Å². The van der Waals surface area contributed by atoms with Crippen molar-refractivity contribution >= 4 is 16.6 Å². The maximum atomic E-state index is 11.9. The molecule has 1 unspecified atom stereocenters. The number of carbonyl (C=O) groups is 1. The standard InChI is InChI=1S/C18H20O2/c1-20-17-9-8-14-10-13(6-7-15(14)12-17)11-16-4-2-3-5-18(16)19/h6-10,12,16H,2-5,11H2,1H3. The maximum Gasteiger partial charge on any atom is 0.136 e. The molecule has 2 aromatic rings. The number of methoxy groups -OCH3 is 1. The van der Waals surface area contributed by atoms with Gasteiger partial charge >= 0.3 is 0 Å². The van der Waals surface area contributed by atoms with Gasteiger partial charge < -0.3 is 4.74 Å². The van der Waals surface area contributed by atoms with E-state index in [4.69, 9.17) is 4.74 Å². The predicted molar refractivity (Wildman–Crippen MR) is 81.2 cm³/mol. The quantitative estimate of drug-likeness (QED) is 0.836. The van der Waals surface area contributed by atoms with Crippen molar-refractivity contribution in [3.63, 3.8) is 0 Å². The lowest BCUT2D eigenvalue weighted by Crippen LogP contribution is -2.20. The first-order valence-electron chi connectivity index (χ1n) is 7.35. The zero-order valence-electron chi connectivity index (χ0n) is 11.9. The third kappa shape index (κ3) is 2.69. The summed E-state index contributed by atoms with van der Waals surface area (Å²) in [4.78, 5) is 11.9. The molecule has 2 heteroatoms. The van der Waals surface area contributed by atoms with Crippen molar-refractivity contribution in [1.29, 1.82) is 0 Å². The molecule has 0 aromatic heterocycles. The van der Waals surface area contributed by atoms with E-state index in [9.17, 15) is 4.79 Å². The van der Waals surface area contributed by atoms with Gasteiger partial charge in [0.05, 0.1) is 7.11 Å². The van der Waals surface area contributed by atoms with E-state index in [2.05, 4.69) is 24.3 Å². The Morgan fingerprint density at radius 2 is 1.90 bits per heavy atom. The van der Waals surface area contributed by atoms with Crippen molar-refractivity contribution in [2.75, 3.05) is 7.11 Å². The van der Waals surface area contributed by atoms with Gasteiger partial charge in [-0.05, 0) is 47.7 Å². The van der Waals surface area contributed by atoms with Gasteiger partial charge in [0.2, 0.25) is 0 Å². The largest absolute Gasteiger partial charge is 0.497 e. The van der Waals surface area contributed by atoms with Gasteiger partial charge in [0.1, 0.15) is 11.5 Å². The summed E-state index contributed by atoms with van der Waals surface area (Å²) in [5.74, 6) is 1.57. The zero-order chi connectivity index (χ0) is 13.9. The van der Waals surface area contributed by atoms with Gasteiger partial charge in [-0.2, -0.15) is 0 Å². The van der Waals surface area contributed by atoms with Crippen molar-refractivity contribution in [3.05, 3.63) is 42.0 Å². The molecule has 2 nitrogen and oxygen atoms in total. The number of benzene rings is 2. The summed E-state index contributed by atoms with van der Waals surface area (Å²) in [5.41, 5.74) is 1.27. The lowest BCUT2D eigenvalue weighted by Gasteiger charge is -2.20. The Morgan fingerprint density at radius 3 is 2.70 bits per heavy atom. The van der Waals surface area contributed by atoms with Crippen LogP contribution in [0.2, 0.25) is 0 Å². The van der Waals surface area contributed by atoms with Crippen LogP contribution in [0.3, 0.4) is 0 Å². The van der Waals surface area contributed by atoms with Gasteiger partial charge in [-0.3, -0.25) is 4.79 Å². The van der Waals surface area contributed by atoms with Crippen LogP contribution >= 0.6 is 0 Å². The van der Waals surface area contributed by atoms with Gasteiger partial charge in [-0.1, -0.05) is 30.7 Å². The summed E-state index contributed by atoms with van der Waals surface area (Å²) in [6, 6.07) is 12.6. The van der Waals surface area contributed by atoms with Crippen LogP contribution in [0.5, 0.6) is 5.75 Å². The Morgan fingerprint density at radius 1 is 1.10 bits per heavy atom. The van der Waals surface area contributed by atoms with Gasteiger partial charge in [0.25, 0.3) is 0 Å². The fourth-order valence-electron chi connectivity index (χ4n) is 3.08. The predicted octanol–water partition coefficient (Wildman–Crippen LogP) is 4.15. The number of hydrogen-bond donors (Lipinski definition) is 0. The molecule has 1 saturated carbocycles. The van der Waals surface area contributed by atoms with Crippen LogP contribution in [0.25, 0.3) is 10.8 Å². The van der Waals surface area contributed by atoms with E-state index in [0.717, 1.165) is 31.4 Å². The van der Waals surface area contributed by atoms with Crippen molar-refractivity contribution in [2.45, 2.75) is 32.1 Å². The van der Waals surface area contributed by atoms with E-state index < -0.39 is 0 Å². The number of carbonyl (C=O) groups excluding carboxylic acids is 1. The van der Waals surface area contributed by atoms with Crippen molar-refractivity contribution in [2.24, 2.45) is 5.92 Å². The second-order valence-electron chi connectivity index (χ2n) is 5.66. The number of fused-ring (bicyclic) bond motifs is 1. The van der Waals surface area contributed by atoms with Crippen molar-refractivity contribution in [1.82, 2.24) is 0 Å². The monoisotopic (exact) mass is 268 g/mol. The molecule has 0 amide bonds. The van der Waals surface area contributed by atoms with Crippen LogP contribution in [-0.2, 0) is 11.2 Å². The van der Waals surface area contributed by atoms with Gasteiger partial charge in [-0.15, -0.1) is 0 Å². The maximum absolute atomic E-state index is 11.9. The van der Waals surface area contributed by atoms with Crippen LogP contribution in [0.15, 0.2) is 36.4 Å². The average molecular weight is 268 g/mol. The summed E-state index contributed by atoms with van der Waals surface area (Å²) in [6.07, 6.45) is 4.99. The molecule has 0 spiro atoms. The highest BCUT2D eigenvalue weighted by Gasteiger charge is 2.22. The molecule has 0 heterocycles. The van der Waals surface area contributed by atoms with Crippen LogP contribution in [-0.4, -0.2) is 12.9 Å². The molecule has 3 rings (SSSR count). The number of ether oxygens (including phenoxy) is 1. The Balaban J connectivity index is 1.83. The highest BCUT2D eigenvalue weighted by molar-refractivity contribution is 5.85.